The minimum Gasteiger partial charge on any atom is -0.359 e. The van der Waals surface area contributed by atoms with Gasteiger partial charge < -0.3 is 10.6 Å². The highest BCUT2D eigenvalue weighted by Crippen LogP contribution is 2.20. The van der Waals surface area contributed by atoms with Crippen molar-refractivity contribution in [2.45, 2.75) is 19.5 Å². The Morgan fingerprint density at radius 3 is 2.62 bits per heavy atom. The molecule has 1 aromatic heterocycles. The molecule has 0 radical (unpaired) electrons. The summed E-state index contributed by atoms with van der Waals surface area (Å²) in [6.07, 6.45) is 3.57. The number of pyridine rings is 1. The van der Waals surface area contributed by atoms with E-state index in [0.717, 1.165) is 11.1 Å². The number of amides is 2. The van der Waals surface area contributed by atoms with E-state index in [1.165, 1.54) is 0 Å². The Hall–Kier alpha value is -2.73. The van der Waals surface area contributed by atoms with Gasteiger partial charge in [0.1, 0.15) is 0 Å². The van der Waals surface area contributed by atoms with Crippen LogP contribution in [0.3, 0.4) is 0 Å². The standard InChI is InChI=1S/C20H24N4O2/c1-14-5-7-16(8-6-14)19(25)23-18-13-24(12-17(18)20(26)21-2)11-15-4-3-9-22-10-15/h3-10,17-18H,11-13H2,1-2H3,(H,21,26)(H,23,25)/t17-,18-/m0/s1. The number of likely N-dealkylation sites (tertiary alicyclic amines) is 1. The van der Waals surface area contributed by atoms with Crippen molar-refractivity contribution in [3.63, 3.8) is 0 Å². The third-order valence-electron chi connectivity index (χ3n) is 4.74. The van der Waals surface area contributed by atoms with Gasteiger partial charge in [0.15, 0.2) is 0 Å². The highest BCUT2D eigenvalue weighted by Gasteiger charge is 2.38. The fraction of sp³-hybridized carbons (Fsp3) is 0.350. The summed E-state index contributed by atoms with van der Waals surface area (Å²) in [6.45, 7) is 3.92. The van der Waals surface area contributed by atoms with Crippen LogP contribution in [0.2, 0.25) is 0 Å². The van der Waals surface area contributed by atoms with Crippen LogP contribution in [0, 0.1) is 12.8 Å². The van der Waals surface area contributed by atoms with Crippen molar-refractivity contribution in [2.75, 3.05) is 20.1 Å². The molecule has 2 heterocycles. The largest absolute Gasteiger partial charge is 0.359 e. The van der Waals surface area contributed by atoms with Gasteiger partial charge >= 0.3 is 0 Å². The molecule has 1 aromatic carbocycles. The molecule has 2 aromatic rings. The Morgan fingerprint density at radius 2 is 1.96 bits per heavy atom. The Labute approximate surface area is 153 Å². The van der Waals surface area contributed by atoms with Gasteiger partial charge in [0.2, 0.25) is 5.91 Å². The van der Waals surface area contributed by atoms with Gasteiger partial charge in [-0.25, -0.2) is 0 Å². The van der Waals surface area contributed by atoms with Crippen molar-refractivity contribution in [1.29, 1.82) is 0 Å². The molecule has 0 spiro atoms. The first-order chi connectivity index (χ1) is 12.6. The van der Waals surface area contributed by atoms with Crippen molar-refractivity contribution in [2.24, 2.45) is 5.92 Å². The summed E-state index contributed by atoms with van der Waals surface area (Å²) < 4.78 is 0. The molecule has 0 saturated carbocycles. The molecule has 2 amide bonds. The number of hydrogen-bond acceptors (Lipinski definition) is 4. The zero-order valence-electron chi connectivity index (χ0n) is 15.1. The minimum atomic E-state index is -0.272. The number of aryl methyl sites for hydroxylation is 1. The van der Waals surface area contributed by atoms with Crippen LogP contribution in [-0.4, -0.2) is 47.9 Å². The zero-order valence-corrected chi connectivity index (χ0v) is 15.1. The van der Waals surface area contributed by atoms with Crippen LogP contribution in [0.1, 0.15) is 21.5 Å². The maximum atomic E-state index is 12.6. The molecule has 1 aliphatic rings. The number of aromatic nitrogens is 1. The summed E-state index contributed by atoms with van der Waals surface area (Å²) in [5.74, 6) is -0.467. The molecule has 1 fully saturated rings. The van der Waals surface area contributed by atoms with Gasteiger partial charge in [-0.3, -0.25) is 19.5 Å². The number of carbonyl (C=O) groups excluding carboxylic acids is 2. The summed E-state index contributed by atoms with van der Waals surface area (Å²) in [6, 6.07) is 11.1. The SMILES string of the molecule is CNC(=O)[C@H]1CN(Cc2cccnc2)C[C@@H]1NC(=O)c1ccc(C)cc1. The van der Waals surface area contributed by atoms with Gasteiger partial charge in [0.25, 0.3) is 5.91 Å². The lowest BCUT2D eigenvalue weighted by Gasteiger charge is -2.18. The zero-order chi connectivity index (χ0) is 18.5. The summed E-state index contributed by atoms with van der Waals surface area (Å²) in [5.41, 5.74) is 2.80. The van der Waals surface area contributed by atoms with Gasteiger partial charge in [0, 0.05) is 44.6 Å². The molecule has 136 valence electrons. The lowest BCUT2D eigenvalue weighted by Crippen LogP contribution is -2.45. The first-order valence-corrected chi connectivity index (χ1v) is 8.77. The maximum absolute atomic E-state index is 12.6. The van der Waals surface area contributed by atoms with Gasteiger partial charge in [-0.1, -0.05) is 23.8 Å². The van der Waals surface area contributed by atoms with Crippen LogP contribution >= 0.6 is 0 Å². The van der Waals surface area contributed by atoms with E-state index >= 15 is 0 Å². The molecule has 0 bridgehead atoms. The smallest absolute Gasteiger partial charge is 0.251 e. The minimum absolute atomic E-state index is 0.0482. The van der Waals surface area contributed by atoms with E-state index in [9.17, 15) is 9.59 Å². The number of nitrogens with one attached hydrogen (secondary N) is 2. The number of hydrogen-bond donors (Lipinski definition) is 2. The van der Waals surface area contributed by atoms with Crippen LogP contribution in [0.25, 0.3) is 0 Å². The van der Waals surface area contributed by atoms with Crippen molar-refractivity contribution >= 4 is 11.8 Å². The fourth-order valence-corrected chi connectivity index (χ4v) is 3.32. The molecule has 3 rings (SSSR count). The Bertz CT molecular complexity index is 761. The molecule has 6 heteroatoms. The predicted molar refractivity (Wildman–Crippen MR) is 99.5 cm³/mol. The van der Waals surface area contributed by atoms with Crippen LogP contribution in [0.5, 0.6) is 0 Å². The van der Waals surface area contributed by atoms with Gasteiger partial charge in [-0.15, -0.1) is 0 Å². The van der Waals surface area contributed by atoms with Crippen LogP contribution in [0.15, 0.2) is 48.8 Å². The maximum Gasteiger partial charge on any atom is 0.251 e. The molecule has 26 heavy (non-hydrogen) atoms. The van der Waals surface area contributed by atoms with E-state index < -0.39 is 0 Å². The number of benzene rings is 1. The van der Waals surface area contributed by atoms with E-state index in [-0.39, 0.29) is 23.8 Å². The van der Waals surface area contributed by atoms with E-state index in [4.69, 9.17) is 0 Å². The van der Waals surface area contributed by atoms with E-state index in [0.29, 0.717) is 25.2 Å². The van der Waals surface area contributed by atoms with Crippen LogP contribution in [-0.2, 0) is 11.3 Å². The summed E-state index contributed by atoms with van der Waals surface area (Å²) in [7, 11) is 1.63. The van der Waals surface area contributed by atoms with Gasteiger partial charge in [-0.05, 0) is 30.7 Å². The molecular weight excluding hydrogens is 328 g/mol. The lowest BCUT2D eigenvalue weighted by atomic mass is 10.0. The number of rotatable bonds is 5. The second-order valence-corrected chi connectivity index (χ2v) is 6.72. The topological polar surface area (TPSA) is 74.3 Å². The summed E-state index contributed by atoms with van der Waals surface area (Å²) in [4.78, 5) is 31.2. The second-order valence-electron chi connectivity index (χ2n) is 6.72. The second kappa shape index (κ2) is 8.10. The van der Waals surface area contributed by atoms with Gasteiger partial charge in [-0.2, -0.15) is 0 Å². The van der Waals surface area contributed by atoms with Gasteiger partial charge in [0.05, 0.1) is 12.0 Å². The first kappa shape index (κ1) is 18.1. The van der Waals surface area contributed by atoms with E-state index in [1.807, 2.05) is 49.5 Å². The lowest BCUT2D eigenvalue weighted by molar-refractivity contribution is -0.124. The van der Waals surface area contributed by atoms with E-state index in [1.54, 1.807) is 13.2 Å². The van der Waals surface area contributed by atoms with Crippen molar-refractivity contribution < 1.29 is 9.59 Å². The average Bonchev–Trinajstić information content (AvgIpc) is 3.04. The third kappa shape index (κ3) is 4.26. The summed E-state index contributed by atoms with van der Waals surface area (Å²) >= 11 is 0. The number of carbonyl (C=O) groups is 2. The predicted octanol–water partition coefficient (Wildman–Crippen LogP) is 1.37. The molecule has 1 saturated heterocycles. The van der Waals surface area contributed by atoms with Crippen molar-refractivity contribution in [1.82, 2.24) is 20.5 Å². The normalized spacial score (nSPS) is 19.9. The molecule has 0 aliphatic carbocycles. The Morgan fingerprint density at radius 1 is 1.19 bits per heavy atom. The van der Waals surface area contributed by atoms with Crippen molar-refractivity contribution in [3.05, 3.63) is 65.5 Å². The highest BCUT2D eigenvalue weighted by atomic mass is 16.2. The molecule has 2 atom stereocenters. The van der Waals surface area contributed by atoms with Crippen LogP contribution in [0.4, 0.5) is 0 Å². The molecule has 2 N–H and O–H groups in total. The van der Waals surface area contributed by atoms with Crippen molar-refractivity contribution in [3.8, 4) is 0 Å². The summed E-state index contributed by atoms with van der Waals surface area (Å²) in [5, 5.41) is 5.75. The Kier molecular flexibility index (Phi) is 5.63. The van der Waals surface area contributed by atoms with Crippen LogP contribution < -0.4 is 10.6 Å². The molecular formula is C20H24N4O2. The number of nitrogens with zero attached hydrogens (tertiary/aromatic N) is 2. The molecule has 1 aliphatic heterocycles. The highest BCUT2D eigenvalue weighted by molar-refractivity contribution is 5.95. The average molecular weight is 352 g/mol. The Balaban J connectivity index is 1.69. The molecule has 6 nitrogen and oxygen atoms in total. The first-order valence-electron chi connectivity index (χ1n) is 8.77. The van der Waals surface area contributed by atoms with E-state index in [2.05, 4.69) is 20.5 Å². The quantitative estimate of drug-likeness (QED) is 0.852. The molecule has 0 unspecified atom stereocenters. The monoisotopic (exact) mass is 352 g/mol. The third-order valence-corrected chi connectivity index (χ3v) is 4.74. The fourth-order valence-electron chi connectivity index (χ4n) is 3.32.